The fourth-order valence-electron chi connectivity index (χ4n) is 3.15. The lowest BCUT2D eigenvalue weighted by atomic mass is 10.1. The summed E-state index contributed by atoms with van der Waals surface area (Å²) in [6, 6.07) is 17.9. The Morgan fingerprint density at radius 1 is 0.933 bits per heavy atom. The Hall–Kier alpha value is -2.18. The smallest absolute Gasteiger partial charge is 0.118 e. The van der Waals surface area contributed by atoms with E-state index in [9.17, 15) is 5.11 Å². The lowest BCUT2D eigenvalue weighted by Crippen LogP contribution is -2.14. The lowest BCUT2D eigenvalue weighted by Gasteiger charge is -2.10. The molecule has 0 radical (unpaired) electrons. The van der Waals surface area contributed by atoms with E-state index < -0.39 is 6.10 Å². The Bertz CT molecular complexity index is 744. The highest BCUT2D eigenvalue weighted by atomic mass is 16.6. The van der Waals surface area contributed by atoms with Crippen LogP contribution in [0.3, 0.4) is 0 Å². The summed E-state index contributed by atoms with van der Waals surface area (Å²) in [6.07, 6.45) is 6.66. The number of ether oxygens (including phenoxy) is 4. The molecule has 162 valence electrons. The summed E-state index contributed by atoms with van der Waals surface area (Å²) in [5.74, 6) is 0.850. The summed E-state index contributed by atoms with van der Waals surface area (Å²) in [4.78, 5) is 0. The molecule has 0 unspecified atom stereocenters. The van der Waals surface area contributed by atoms with Crippen molar-refractivity contribution >= 4 is 0 Å². The van der Waals surface area contributed by atoms with Crippen LogP contribution in [0.2, 0.25) is 0 Å². The number of aliphatic hydroxyl groups is 1. The summed E-state index contributed by atoms with van der Waals surface area (Å²) in [5, 5.41) is 10.0. The van der Waals surface area contributed by atoms with Gasteiger partial charge in [-0.15, -0.1) is 0 Å². The molecule has 2 aromatic carbocycles. The van der Waals surface area contributed by atoms with Gasteiger partial charge in [0.15, 0.2) is 0 Å². The molecular weight excluding hydrogens is 380 g/mol. The minimum atomic E-state index is -0.436. The first-order valence-electron chi connectivity index (χ1n) is 10.6. The zero-order valence-electron chi connectivity index (χ0n) is 17.6. The Labute approximate surface area is 179 Å². The van der Waals surface area contributed by atoms with E-state index >= 15 is 0 Å². The second-order valence-electron chi connectivity index (χ2n) is 7.52. The predicted molar refractivity (Wildman–Crippen MR) is 116 cm³/mol. The number of epoxide rings is 1. The number of methoxy groups -OCH3 is 1. The second-order valence-corrected chi connectivity index (χ2v) is 7.52. The lowest BCUT2D eigenvalue weighted by molar-refractivity contribution is 0.0250. The molecule has 1 aliphatic heterocycles. The summed E-state index contributed by atoms with van der Waals surface area (Å²) < 4.78 is 22.1. The van der Waals surface area contributed by atoms with Crippen LogP contribution in [0.25, 0.3) is 0 Å². The van der Waals surface area contributed by atoms with E-state index in [2.05, 4.69) is 12.2 Å². The largest absolute Gasteiger partial charge is 0.497 e. The monoisotopic (exact) mass is 412 g/mol. The zero-order chi connectivity index (χ0) is 21.0. The van der Waals surface area contributed by atoms with Crippen LogP contribution in [-0.2, 0) is 27.4 Å². The average Bonchev–Trinajstić information content (AvgIpc) is 3.53. The van der Waals surface area contributed by atoms with E-state index in [0.29, 0.717) is 32.8 Å². The van der Waals surface area contributed by atoms with Crippen molar-refractivity contribution in [1.29, 1.82) is 0 Å². The molecule has 1 fully saturated rings. The minimum Gasteiger partial charge on any atom is -0.497 e. The van der Waals surface area contributed by atoms with Crippen molar-refractivity contribution in [3.05, 3.63) is 77.9 Å². The highest BCUT2D eigenvalue weighted by molar-refractivity contribution is 5.26. The van der Waals surface area contributed by atoms with E-state index in [4.69, 9.17) is 18.9 Å². The summed E-state index contributed by atoms with van der Waals surface area (Å²) >= 11 is 0. The van der Waals surface area contributed by atoms with E-state index in [1.165, 1.54) is 0 Å². The first kappa shape index (κ1) is 22.5. The highest BCUT2D eigenvalue weighted by Crippen LogP contribution is 2.26. The first-order valence-corrected chi connectivity index (χ1v) is 10.6. The van der Waals surface area contributed by atoms with Crippen molar-refractivity contribution in [2.24, 2.45) is 0 Å². The fourth-order valence-corrected chi connectivity index (χ4v) is 3.15. The van der Waals surface area contributed by atoms with Crippen LogP contribution in [-0.4, -0.2) is 43.7 Å². The van der Waals surface area contributed by atoms with Crippen LogP contribution < -0.4 is 4.74 Å². The molecular formula is C25H32O5. The molecule has 0 aromatic heterocycles. The molecule has 5 nitrogen and oxygen atoms in total. The molecule has 0 spiro atoms. The van der Waals surface area contributed by atoms with Gasteiger partial charge in [0.1, 0.15) is 11.9 Å². The number of allylic oxidation sites excluding steroid dienone is 1. The minimum absolute atomic E-state index is 0.185. The van der Waals surface area contributed by atoms with Crippen LogP contribution in [0.15, 0.2) is 66.7 Å². The Kier molecular flexibility index (Phi) is 9.38. The Balaban J connectivity index is 1.18. The third-order valence-corrected chi connectivity index (χ3v) is 5.02. The quantitative estimate of drug-likeness (QED) is 0.371. The van der Waals surface area contributed by atoms with E-state index in [0.717, 1.165) is 29.7 Å². The van der Waals surface area contributed by atoms with Crippen molar-refractivity contribution in [3.63, 3.8) is 0 Å². The van der Waals surface area contributed by atoms with Gasteiger partial charge in [0.2, 0.25) is 0 Å². The molecule has 1 N–H and O–H groups in total. The summed E-state index contributed by atoms with van der Waals surface area (Å²) in [7, 11) is 1.66. The molecule has 0 amide bonds. The van der Waals surface area contributed by atoms with Crippen LogP contribution in [0, 0.1) is 0 Å². The van der Waals surface area contributed by atoms with Gasteiger partial charge in [0, 0.05) is 0 Å². The molecule has 3 rings (SSSR count). The van der Waals surface area contributed by atoms with E-state index in [1.807, 2.05) is 54.6 Å². The van der Waals surface area contributed by atoms with Crippen LogP contribution in [0.1, 0.15) is 30.4 Å². The molecule has 5 heteroatoms. The molecule has 1 aliphatic rings. The second kappa shape index (κ2) is 12.5. The van der Waals surface area contributed by atoms with Crippen molar-refractivity contribution < 1.29 is 24.1 Å². The maximum atomic E-state index is 10.0. The summed E-state index contributed by atoms with van der Waals surface area (Å²) in [5.41, 5.74) is 2.25. The molecule has 0 saturated carbocycles. The molecule has 0 aliphatic carbocycles. The van der Waals surface area contributed by atoms with E-state index in [-0.39, 0.29) is 12.2 Å². The number of hydrogen-bond donors (Lipinski definition) is 1. The molecule has 1 heterocycles. The van der Waals surface area contributed by atoms with Gasteiger partial charge in [-0.2, -0.15) is 0 Å². The molecule has 2 aromatic rings. The maximum absolute atomic E-state index is 10.0. The van der Waals surface area contributed by atoms with Gasteiger partial charge in [0.05, 0.1) is 45.7 Å². The van der Waals surface area contributed by atoms with Gasteiger partial charge in [-0.25, -0.2) is 0 Å². The van der Waals surface area contributed by atoms with Crippen molar-refractivity contribution in [2.75, 3.05) is 20.3 Å². The molecule has 3 atom stereocenters. The van der Waals surface area contributed by atoms with Crippen LogP contribution in [0.5, 0.6) is 5.75 Å². The molecule has 30 heavy (non-hydrogen) atoms. The average molecular weight is 413 g/mol. The number of benzene rings is 2. The topological polar surface area (TPSA) is 60.5 Å². The Morgan fingerprint density at radius 3 is 2.43 bits per heavy atom. The van der Waals surface area contributed by atoms with Gasteiger partial charge in [-0.3, -0.25) is 0 Å². The van der Waals surface area contributed by atoms with Crippen LogP contribution >= 0.6 is 0 Å². The SMILES string of the molecule is COc1ccc(COC[C@@H]2O[C@@H]2C/C=C\CC[C@H](O)COCc2ccccc2)cc1. The Morgan fingerprint density at radius 2 is 1.67 bits per heavy atom. The van der Waals surface area contributed by atoms with Crippen molar-refractivity contribution in [2.45, 2.75) is 50.8 Å². The van der Waals surface area contributed by atoms with Gasteiger partial charge in [0.25, 0.3) is 0 Å². The highest BCUT2D eigenvalue weighted by Gasteiger charge is 2.37. The van der Waals surface area contributed by atoms with Gasteiger partial charge in [-0.1, -0.05) is 54.6 Å². The van der Waals surface area contributed by atoms with Gasteiger partial charge >= 0.3 is 0 Å². The summed E-state index contributed by atoms with van der Waals surface area (Å²) in [6.45, 7) is 2.09. The fraction of sp³-hybridized carbons (Fsp3) is 0.440. The first-order chi connectivity index (χ1) is 14.7. The van der Waals surface area contributed by atoms with E-state index in [1.54, 1.807) is 7.11 Å². The normalized spacial score (nSPS) is 19.1. The standard InChI is InChI=1S/C25H32O5/c1-27-23-14-12-21(13-15-23)17-29-19-25-24(30-25)11-7-3-6-10-22(26)18-28-16-20-8-4-2-5-9-20/h2-5,7-9,12-15,22,24-26H,6,10-11,16-19H2,1H3/b7-3-/t22-,24+,25-/m0/s1. The third-order valence-electron chi connectivity index (χ3n) is 5.02. The van der Waals surface area contributed by atoms with Gasteiger partial charge in [-0.05, 0) is 42.5 Å². The van der Waals surface area contributed by atoms with Crippen molar-refractivity contribution in [1.82, 2.24) is 0 Å². The number of hydrogen-bond acceptors (Lipinski definition) is 5. The van der Waals surface area contributed by atoms with Crippen LogP contribution in [0.4, 0.5) is 0 Å². The third kappa shape index (κ3) is 8.28. The van der Waals surface area contributed by atoms with Gasteiger partial charge < -0.3 is 24.1 Å². The van der Waals surface area contributed by atoms with Crippen molar-refractivity contribution in [3.8, 4) is 5.75 Å². The number of rotatable bonds is 14. The maximum Gasteiger partial charge on any atom is 0.118 e. The molecule has 0 bridgehead atoms. The zero-order valence-corrected chi connectivity index (χ0v) is 17.6. The molecule has 1 saturated heterocycles. The predicted octanol–water partition coefficient (Wildman–Crippen LogP) is 4.28. The number of aliphatic hydroxyl groups excluding tert-OH is 1.